The predicted octanol–water partition coefficient (Wildman–Crippen LogP) is 0.111. The van der Waals surface area contributed by atoms with Crippen molar-refractivity contribution in [3.05, 3.63) is 0 Å². The molecule has 1 amide bonds. The molecule has 0 spiro atoms. The third-order valence-corrected chi connectivity index (χ3v) is 2.19. The van der Waals surface area contributed by atoms with E-state index in [-0.39, 0.29) is 18.7 Å². The van der Waals surface area contributed by atoms with Gasteiger partial charge in [-0.2, -0.15) is 0 Å². The van der Waals surface area contributed by atoms with E-state index < -0.39 is 12.0 Å². The molecule has 0 saturated carbocycles. The van der Waals surface area contributed by atoms with Gasteiger partial charge in [-0.15, -0.1) is 0 Å². The van der Waals surface area contributed by atoms with E-state index >= 15 is 0 Å². The Morgan fingerprint density at radius 1 is 1.41 bits per heavy atom. The van der Waals surface area contributed by atoms with Gasteiger partial charge in [0.2, 0.25) is 5.91 Å². The summed E-state index contributed by atoms with van der Waals surface area (Å²) in [5.41, 5.74) is 5.51. The second-order valence-corrected chi connectivity index (χ2v) is 3.80. The minimum absolute atomic E-state index is 0.0956. The number of ether oxygens (including phenoxy) is 1. The lowest BCUT2D eigenvalue weighted by atomic mass is 10.1. The highest BCUT2D eigenvalue weighted by molar-refractivity contribution is 5.82. The van der Waals surface area contributed by atoms with Crippen LogP contribution in [0.3, 0.4) is 0 Å². The van der Waals surface area contributed by atoms with Crippen molar-refractivity contribution >= 4 is 11.9 Å². The van der Waals surface area contributed by atoms with E-state index in [1.54, 1.807) is 0 Å². The number of carbonyl (C=O) groups is 2. The summed E-state index contributed by atoms with van der Waals surface area (Å²) in [6, 6.07) is -0.762. The van der Waals surface area contributed by atoms with Crippen LogP contribution in [0.4, 0.5) is 0 Å². The minimum Gasteiger partial charge on any atom is -0.481 e. The maximum Gasteiger partial charge on any atom is 0.303 e. The van der Waals surface area contributed by atoms with Crippen LogP contribution < -0.4 is 11.1 Å². The molecule has 0 radical (unpaired) electrons. The molecule has 0 bridgehead atoms. The van der Waals surface area contributed by atoms with Crippen molar-refractivity contribution in [3.63, 3.8) is 0 Å². The molecule has 0 fully saturated rings. The summed E-state index contributed by atoms with van der Waals surface area (Å²) in [4.78, 5) is 21.6. The zero-order valence-corrected chi connectivity index (χ0v) is 10.3. The Morgan fingerprint density at radius 3 is 2.71 bits per heavy atom. The highest BCUT2D eigenvalue weighted by Gasteiger charge is 2.13. The fourth-order valence-corrected chi connectivity index (χ4v) is 1.14. The zero-order chi connectivity index (χ0) is 13.1. The summed E-state index contributed by atoms with van der Waals surface area (Å²) in [7, 11) is 0. The van der Waals surface area contributed by atoms with Crippen molar-refractivity contribution in [1.29, 1.82) is 0 Å². The topological polar surface area (TPSA) is 102 Å². The largest absolute Gasteiger partial charge is 0.481 e. The third-order valence-electron chi connectivity index (χ3n) is 2.19. The van der Waals surface area contributed by atoms with Gasteiger partial charge in [0.05, 0.1) is 12.6 Å². The van der Waals surface area contributed by atoms with E-state index in [0.29, 0.717) is 19.8 Å². The molecule has 100 valence electrons. The second-order valence-electron chi connectivity index (χ2n) is 3.80. The average molecular weight is 246 g/mol. The molecule has 0 saturated heterocycles. The number of carboxylic acids is 1. The number of hydrogen-bond donors (Lipinski definition) is 3. The Bertz CT molecular complexity index is 234. The molecule has 0 aromatic rings. The van der Waals surface area contributed by atoms with Gasteiger partial charge in [0, 0.05) is 19.6 Å². The van der Waals surface area contributed by atoms with Gasteiger partial charge in [0.25, 0.3) is 0 Å². The first-order valence-electron chi connectivity index (χ1n) is 5.90. The average Bonchev–Trinajstić information content (AvgIpc) is 2.30. The first kappa shape index (κ1) is 15.9. The normalized spacial score (nSPS) is 12.1. The Hall–Kier alpha value is -1.14. The van der Waals surface area contributed by atoms with Crippen LogP contribution in [0.25, 0.3) is 0 Å². The lowest BCUT2D eigenvalue weighted by Crippen LogP contribution is -2.42. The summed E-state index contributed by atoms with van der Waals surface area (Å²) < 4.78 is 5.25. The SMILES string of the molecule is CCCCOCCNC(=O)C(N)CCC(=O)O. The van der Waals surface area contributed by atoms with Crippen LogP contribution in [-0.4, -0.2) is 42.8 Å². The fraction of sp³-hybridized carbons (Fsp3) is 0.818. The van der Waals surface area contributed by atoms with Crippen molar-refractivity contribution in [2.75, 3.05) is 19.8 Å². The number of carbonyl (C=O) groups excluding carboxylic acids is 1. The van der Waals surface area contributed by atoms with Crippen molar-refractivity contribution in [2.24, 2.45) is 5.73 Å². The smallest absolute Gasteiger partial charge is 0.303 e. The van der Waals surface area contributed by atoms with Gasteiger partial charge < -0.3 is 20.9 Å². The monoisotopic (exact) mass is 246 g/mol. The van der Waals surface area contributed by atoms with Crippen LogP contribution >= 0.6 is 0 Å². The molecule has 4 N–H and O–H groups in total. The van der Waals surface area contributed by atoms with E-state index in [1.165, 1.54) is 0 Å². The molecule has 0 aromatic heterocycles. The van der Waals surface area contributed by atoms with Gasteiger partial charge >= 0.3 is 5.97 Å². The van der Waals surface area contributed by atoms with Crippen molar-refractivity contribution in [2.45, 2.75) is 38.6 Å². The van der Waals surface area contributed by atoms with E-state index in [1.807, 2.05) is 0 Å². The van der Waals surface area contributed by atoms with Gasteiger partial charge in [0.15, 0.2) is 0 Å². The summed E-state index contributed by atoms with van der Waals surface area (Å²) in [5.74, 6) is -1.28. The molecule has 0 heterocycles. The Labute approximate surface area is 102 Å². The number of unbranched alkanes of at least 4 members (excludes halogenated alkanes) is 1. The van der Waals surface area contributed by atoms with Crippen LogP contribution in [0.15, 0.2) is 0 Å². The number of nitrogens with one attached hydrogen (secondary N) is 1. The first-order chi connectivity index (χ1) is 8.07. The van der Waals surface area contributed by atoms with Crippen LogP contribution in [0.5, 0.6) is 0 Å². The van der Waals surface area contributed by atoms with Crippen molar-refractivity contribution in [1.82, 2.24) is 5.32 Å². The molecule has 0 aromatic carbocycles. The fourth-order valence-electron chi connectivity index (χ4n) is 1.14. The van der Waals surface area contributed by atoms with Gasteiger partial charge in [-0.25, -0.2) is 0 Å². The lowest BCUT2D eigenvalue weighted by Gasteiger charge is -2.11. The lowest BCUT2D eigenvalue weighted by molar-refractivity contribution is -0.137. The summed E-state index contributed by atoms with van der Waals surface area (Å²) in [5, 5.41) is 11.0. The molecule has 1 unspecified atom stereocenters. The highest BCUT2D eigenvalue weighted by Crippen LogP contribution is 1.94. The van der Waals surface area contributed by atoms with Crippen molar-refractivity contribution < 1.29 is 19.4 Å². The Kier molecular flexibility index (Phi) is 9.37. The van der Waals surface area contributed by atoms with Crippen LogP contribution in [-0.2, 0) is 14.3 Å². The molecule has 0 rings (SSSR count). The molecular weight excluding hydrogens is 224 g/mol. The van der Waals surface area contributed by atoms with E-state index in [0.717, 1.165) is 12.8 Å². The van der Waals surface area contributed by atoms with Crippen LogP contribution in [0, 0.1) is 0 Å². The van der Waals surface area contributed by atoms with E-state index in [4.69, 9.17) is 15.6 Å². The summed E-state index contributed by atoms with van der Waals surface area (Å²) in [6.07, 6.45) is 2.14. The van der Waals surface area contributed by atoms with Crippen LogP contribution in [0.2, 0.25) is 0 Å². The minimum atomic E-state index is -0.948. The number of carboxylic acid groups (broad SMARTS) is 1. The molecule has 0 aliphatic carbocycles. The molecule has 6 nitrogen and oxygen atoms in total. The van der Waals surface area contributed by atoms with Gasteiger partial charge in [-0.1, -0.05) is 13.3 Å². The quantitative estimate of drug-likeness (QED) is 0.475. The molecule has 1 atom stereocenters. The number of aliphatic carboxylic acids is 1. The second kappa shape index (κ2) is 10.0. The number of nitrogens with two attached hydrogens (primary N) is 1. The molecule has 0 aliphatic heterocycles. The maximum absolute atomic E-state index is 11.4. The van der Waals surface area contributed by atoms with E-state index in [2.05, 4.69) is 12.2 Å². The third kappa shape index (κ3) is 9.77. The maximum atomic E-state index is 11.4. The number of amides is 1. The molecular formula is C11H22N2O4. The Morgan fingerprint density at radius 2 is 2.12 bits per heavy atom. The van der Waals surface area contributed by atoms with Crippen molar-refractivity contribution in [3.8, 4) is 0 Å². The van der Waals surface area contributed by atoms with Gasteiger partial charge in [0.1, 0.15) is 0 Å². The standard InChI is InChI=1S/C11H22N2O4/c1-2-3-7-17-8-6-13-11(16)9(12)4-5-10(14)15/h9H,2-8,12H2,1H3,(H,13,16)(H,14,15). The summed E-state index contributed by atoms with van der Waals surface area (Å²) in [6.45, 7) is 3.63. The zero-order valence-electron chi connectivity index (χ0n) is 10.3. The predicted molar refractivity (Wildman–Crippen MR) is 63.6 cm³/mol. The molecule has 0 aliphatic rings. The van der Waals surface area contributed by atoms with E-state index in [9.17, 15) is 9.59 Å². The number of hydrogen-bond acceptors (Lipinski definition) is 4. The highest BCUT2D eigenvalue weighted by atomic mass is 16.5. The summed E-state index contributed by atoms with van der Waals surface area (Å²) >= 11 is 0. The molecule has 6 heteroatoms. The van der Waals surface area contributed by atoms with Crippen LogP contribution in [0.1, 0.15) is 32.6 Å². The number of rotatable bonds is 10. The molecule has 17 heavy (non-hydrogen) atoms. The Balaban J connectivity index is 3.47. The van der Waals surface area contributed by atoms with Gasteiger partial charge in [-0.3, -0.25) is 9.59 Å². The first-order valence-corrected chi connectivity index (χ1v) is 5.90. The van der Waals surface area contributed by atoms with Gasteiger partial charge in [-0.05, 0) is 12.8 Å².